The number of carbonyl (C=O) groups is 13. The summed E-state index contributed by atoms with van der Waals surface area (Å²) in [6, 6.07) is -6.93. The number of amides is 12. The van der Waals surface area contributed by atoms with Gasteiger partial charge >= 0.3 is 5.97 Å². The lowest BCUT2D eigenvalue weighted by Gasteiger charge is -2.41. The third kappa shape index (κ3) is 26.6. The predicted molar refractivity (Wildman–Crippen MR) is 387 cm³/mol. The topological polar surface area (TPSA) is 345 Å². The average Bonchev–Trinajstić information content (AvgIpc) is 0.803. The minimum atomic E-state index is -1.67. The van der Waals surface area contributed by atoms with Crippen LogP contribution in [0.5, 0.6) is 0 Å². The number of benzene rings is 1. The summed E-state index contributed by atoms with van der Waals surface area (Å²) in [5.74, 6) is -11.5. The molecular weight excluding hydrogens is 1300 g/mol. The fraction of sp³-hybridized carbons (Fsp3) is 0.743. The maximum atomic E-state index is 15.4. The summed E-state index contributed by atoms with van der Waals surface area (Å²) >= 11 is 0. The lowest BCUT2D eigenvalue weighted by Crippen LogP contribution is -2.63. The molecule has 0 unspecified atom stereocenters. The zero-order valence-corrected chi connectivity index (χ0v) is 64.9. The van der Waals surface area contributed by atoms with Crippen molar-refractivity contribution >= 4 is 76.9 Å². The number of aromatic carboxylic acids is 1. The van der Waals surface area contributed by atoms with Gasteiger partial charge in [0, 0.05) is 61.4 Å². The molecule has 0 saturated carbocycles. The first-order chi connectivity index (χ1) is 46.9. The molecule has 101 heavy (non-hydrogen) atoms. The SMILES string of the molecule is CC[C@@H]1NC(=O)[C@H]([C@H](O)[C@H](C)CCCCCCCNC(=O)c2cccc(C(=O)O)c2)N(C)C(=O)[C@H](C(C)C)N(C)C(=O)[C@H](CC(C)C)N(C)C(=O)[C@H](CC(C)C)N(C)C(=O)[C@H](C)NC(=O)[C@@H](C)NC(=O)[C@@H](CCC(C)C)N(C)C(=O)[C@@H](C(C)C)NC(=O)[C@H](CC(C)C)N(C)C(=O)CN(C)C1=O. The zero-order chi connectivity index (χ0) is 77.4. The van der Waals surface area contributed by atoms with Crippen molar-refractivity contribution in [3.05, 3.63) is 35.4 Å². The highest BCUT2D eigenvalue weighted by molar-refractivity contribution is 6.00. The van der Waals surface area contributed by atoms with Gasteiger partial charge in [-0.1, -0.05) is 129 Å². The van der Waals surface area contributed by atoms with E-state index in [1.54, 1.807) is 41.5 Å². The van der Waals surface area contributed by atoms with Gasteiger partial charge in [0.15, 0.2) is 0 Å². The molecule has 0 aromatic heterocycles. The number of carboxylic acids is 1. The van der Waals surface area contributed by atoms with Gasteiger partial charge < -0.3 is 71.1 Å². The Hall–Kier alpha value is -7.71. The fourth-order valence-electron chi connectivity index (χ4n) is 12.7. The van der Waals surface area contributed by atoms with Crippen LogP contribution in [0.2, 0.25) is 0 Å². The molecule has 27 nitrogen and oxygen atoms in total. The molecule has 0 bridgehead atoms. The van der Waals surface area contributed by atoms with E-state index in [-0.39, 0.29) is 66.9 Å². The number of carboxylic acid groups (broad SMARTS) is 1. The van der Waals surface area contributed by atoms with Crippen LogP contribution in [0.3, 0.4) is 0 Å². The molecule has 0 aliphatic carbocycles. The van der Waals surface area contributed by atoms with Crippen LogP contribution in [-0.2, 0) is 52.7 Å². The van der Waals surface area contributed by atoms with Gasteiger partial charge in [-0.3, -0.25) is 57.5 Å². The van der Waals surface area contributed by atoms with E-state index >= 15 is 19.2 Å². The molecule has 1 aromatic carbocycles. The van der Waals surface area contributed by atoms with Crippen molar-refractivity contribution in [2.24, 2.45) is 41.4 Å². The molecule has 2 rings (SSSR count). The minimum Gasteiger partial charge on any atom is -0.478 e. The van der Waals surface area contributed by atoms with Crippen LogP contribution in [0, 0.1) is 41.4 Å². The third-order valence-electron chi connectivity index (χ3n) is 19.1. The first-order valence-corrected chi connectivity index (χ1v) is 36.3. The molecule has 1 heterocycles. The van der Waals surface area contributed by atoms with Gasteiger partial charge in [-0.25, -0.2) is 4.79 Å². The molecule has 7 N–H and O–H groups in total. The number of likely N-dealkylation sites (N-methyl/N-ethyl adjacent to an activating group) is 7. The van der Waals surface area contributed by atoms with Crippen LogP contribution in [0.25, 0.3) is 0 Å². The molecule has 0 spiro atoms. The Morgan fingerprint density at radius 1 is 0.495 bits per heavy atom. The van der Waals surface area contributed by atoms with E-state index < -0.39 is 168 Å². The van der Waals surface area contributed by atoms with Gasteiger partial charge in [0.05, 0.1) is 18.2 Å². The van der Waals surface area contributed by atoms with E-state index in [9.17, 15) is 53.4 Å². The molecule has 1 saturated heterocycles. The Bertz CT molecular complexity index is 2980. The maximum absolute atomic E-state index is 15.4. The number of rotatable bonds is 24. The second kappa shape index (κ2) is 42.0. The normalized spacial score (nSPS) is 24.3. The van der Waals surface area contributed by atoms with Gasteiger partial charge in [0.2, 0.25) is 65.0 Å². The molecule has 12 atom stereocenters. The van der Waals surface area contributed by atoms with Crippen molar-refractivity contribution in [2.45, 2.75) is 254 Å². The molecule has 572 valence electrons. The van der Waals surface area contributed by atoms with Crippen LogP contribution in [0.4, 0.5) is 0 Å². The second-order valence-electron chi connectivity index (χ2n) is 30.3. The van der Waals surface area contributed by atoms with Gasteiger partial charge in [-0.15, -0.1) is 0 Å². The van der Waals surface area contributed by atoms with Crippen LogP contribution in [-0.4, -0.2) is 250 Å². The highest BCUT2D eigenvalue weighted by atomic mass is 16.4. The van der Waals surface area contributed by atoms with Gasteiger partial charge in [0.1, 0.15) is 60.4 Å². The summed E-state index contributed by atoms with van der Waals surface area (Å²) in [6.45, 7) is 28.0. The molecule has 1 aromatic rings. The van der Waals surface area contributed by atoms with Crippen LogP contribution in [0.15, 0.2) is 24.3 Å². The van der Waals surface area contributed by atoms with Crippen molar-refractivity contribution in [2.75, 3.05) is 62.4 Å². The first-order valence-electron chi connectivity index (χ1n) is 36.3. The molecule has 12 amide bonds. The third-order valence-corrected chi connectivity index (χ3v) is 19.1. The van der Waals surface area contributed by atoms with Crippen molar-refractivity contribution in [1.82, 2.24) is 60.9 Å². The van der Waals surface area contributed by atoms with Crippen molar-refractivity contribution < 1.29 is 72.5 Å². The summed E-state index contributed by atoms with van der Waals surface area (Å²) in [4.78, 5) is 195. The summed E-state index contributed by atoms with van der Waals surface area (Å²) in [5, 5.41) is 35.7. The van der Waals surface area contributed by atoms with Crippen molar-refractivity contribution in [1.29, 1.82) is 0 Å². The van der Waals surface area contributed by atoms with E-state index in [2.05, 4.69) is 26.6 Å². The van der Waals surface area contributed by atoms with E-state index in [0.29, 0.717) is 38.6 Å². The first kappa shape index (κ1) is 89.4. The molecule has 1 aliphatic rings. The van der Waals surface area contributed by atoms with Crippen molar-refractivity contribution in [3.8, 4) is 0 Å². The van der Waals surface area contributed by atoms with E-state index in [1.807, 2.05) is 55.4 Å². The van der Waals surface area contributed by atoms with Crippen LogP contribution >= 0.6 is 0 Å². The number of unbranched alkanes of at least 4 members (excludes halogenated alkanes) is 4. The summed E-state index contributed by atoms with van der Waals surface area (Å²) in [6.07, 6.45) is 3.22. The second-order valence-corrected chi connectivity index (χ2v) is 30.3. The summed E-state index contributed by atoms with van der Waals surface area (Å²) in [7, 11) is 9.87. The summed E-state index contributed by atoms with van der Waals surface area (Å²) < 4.78 is 0. The van der Waals surface area contributed by atoms with E-state index in [4.69, 9.17) is 0 Å². The Labute approximate surface area is 601 Å². The number of aliphatic hydroxyl groups excluding tert-OH is 1. The molecule has 0 radical (unpaired) electrons. The van der Waals surface area contributed by atoms with Crippen molar-refractivity contribution in [3.63, 3.8) is 0 Å². The lowest BCUT2D eigenvalue weighted by atomic mass is 9.90. The molecular formula is C74H126N12O15. The van der Waals surface area contributed by atoms with E-state index in [1.165, 1.54) is 112 Å². The Kier molecular flexibility index (Phi) is 37.2. The van der Waals surface area contributed by atoms with Crippen LogP contribution in [0.1, 0.15) is 209 Å². The largest absolute Gasteiger partial charge is 0.478 e. The maximum Gasteiger partial charge on any atom is 0.335 e. The molecule has 27 heteroatoms. The smallest absolute Gasteiger partial charge is 0.335 e. The van der Waals surface area contributed by atoms with Gasteiger partial charge in [0.25, 0.3) is 5.91 Å². The van der Waals surface area contributed by atoms with Gasteiger partial charge in [-0.2, -0.15) is 0 Å². The number of nitrogens with zero attached hydrogens (tertiary/aromatic N) is 7. The molecule has 1 aliphatic heterocycles. The zero-order valence-electron chi connectivity index (χ0n) is 64.9. The van der Waals surface area contributed by atoms with Crippen LogP contribution < -0.4 is 26.6 Å². The summed E-state index contributed by atoms with van der Waals surface area (Å²) in [5.41, 5.74) is 0.226. The number of hydrogen-bond donors (Lipinski definition) is 7. The van der Waals surface area contributed by atoms with Gasteiger partial charge in [-0.05, 0) is 125 Å². The molecule has 1 fully saturated rings. The number of nitrogens with one attached hydrogen (secondary N) is 5. The highest BCUT2D eigenvalue weighted by Gasteiger charge is 2.46. The fourth-order valence-corrected chi connectivity index (χ4v) is 12.7. The van der Waals surface area contributed by atoms with E-state index in [0.717, 1.165) is 22.6 Å². The monoisotopic (exact) mass is 1420 g/mol. The lowest BCUT2D eigenvalue weighted by molar-refractivity contribution is -0.157. The number of aliphatic hydroxyl groups is 1. The Morgan fingerprint density at radius 3 is 1.50 bits per heavy atom. The standard InChI is InChI=1S/C74H126N12O15/c1-24-53-69(95)80(17)41-58(87)81(18)55(37-43(4)5)66(92)79-59(46(10)11)72(98)82(19)54(35-34-42(2)3)65(91)76-49(15)63(89)77-50(16)68(94)83(20)56(38-44(6)7)70(96)84(21)57(39-45(8)9)71(97)85(22)60(47(12)13)73(99)86(23)61(67(93)78-53)62(88)48(14)31-28-26-25-27-29-36-75-64(90)51-32-30-33-52(40-51)74(100)101/h30,32-33,40,42-50,53-57,59-62,88H,24-29,31,34-39,41H2,1-23H3,(H,75,90)(H,76,91)(H,77,89)(H,78,93)(H,79,92)(H,100,101)/t48-,49-,50+,53+,54-,55+,56+,57+,59-,60+,61+,62-/m1/s1. The number of carbonyl (C=O) groups excluding carboxylic acids is 12. The Balaban J connectivity index is 2.86. The minimum absolute atomic E-state index is 0.00273. The Morgan fingerprint density at radius 2 is 0.980 bits per heavy atom. The number of hydrogen-bond acceptors (Lipinski definition) is 14. The highest BCUT2D eigenvalue weighted by Crippen LogP contribution is 2.27. The predicted octanol–water partition coefficient (Wildman–Crippen LogP) is 5.16. The quantitative estimate of drug-likeness (QED) is 0.0657. The average molecular weight is 1420 g/mol.